The normalized spacial score (nSPS) is 10.6. The van der Waals surface area contributed by atoms with Crippen molar-refractivity contribution < 1.29 is 0 Å². The van der Waals surface area contributed by atoms with Gasteiger partial charge >= 0.3 is 0 Å². The van der Waals surface area contributed by atoms with E-state index in [1.165, 1.54) is 0 Å². The van der Waals surface area contributed by atoms with Crippen LogP contribution in [0.5, 0.6) is 0 Å². The molecule has 0 aliphatic rings. The fraction of sp³-hybridized carbons (Fsp3) is 0. The third-order valence-electron chi connectivity index (χ3n) is 4.03. The fourth-order valence-electron chi connectivity index (χ4n) is 2.87. The van der Waals surface area contributed by atoms with Crippen LogP contribution in [0, 0.1) is 0 Å². The van der Waals surface area contributed by atoms with Gasteiger partial charge in [-0.2, -0.15) is 0 Å². The molecule has 0 unspecified atom stereocenters. The maximum absolute atomic E-state index is 4.74. The topological polar surface area (TPSA) is 38.7 Å². The summed E-state index contributed by atoms with van der Waals surface area (Å²) in [5.41, 5.74) is 4.99. The van der Waals surface area contributed by atoms with E-state index in [4.69, 9.17) is 4.98 Å². The van der Waals surface area contributed by atoms with Crippen LogP contribution in [0.1, 0.15) is 0 Å². The zero-order valence-electron chi connectivity index (χ0n) is 13.9. The van der Waals surface area contributed by atoms with E-state index >= 15 is 0 Å². The lowest BCUT2D eigenvalue weighted by atomic mass is 9.99. The molecule has 0 atom stereocenters. The van der Waals surface area contributed by atoms with E-state index < -0.39 is 0 Å². The van der Waals surface area contributed by atoms with Gasteiger partial charge in [-0.1, -0.05) is 84.9 Å². The van der Waals surface area contributed by atoms with Crippen LogP contribution in [0.2, 0.25) is 0 Å². The first-order valence-electron chi connectivity index (χ1n) is 8.24. The molecule has 1 heterocycles. The molecule has 0 radical (unpaired) electrons. The van der Waals surface area contributed by atoms with Crippen molar-refractivity contribution in [3.63, 3.8) is 0 Å². The van der Waals surface area contributed by atoms with Crippen molar-refractivity contribution in [2.75, 3.05) is 0 Å². The molecule has 0 aliphatic heterocycles. The molecule has 3 aromatic carbocycles. The van der Waals surface area contributed by atoms with E-state index in [2.05, 4.69) is 34.2 Å². The molecule has 1 aromatic heterocycles. The lowest BCUT2D eigenvalue weighted by Gasteiger charge is -2.10. The maximum atomic E-state index is 4.74. The Morgan fingerprint density at radius 3 is 1.68 bits per heavy atom. The Bertz CT molecular complexity index is 1000. The highest BCUT2D eigenvalue weighted by atomic mass is 15.0. The maximum Gasteiger partial charge on any atom is 0.189 e. The average molecular weight is 321 g/mol. The van der Waals surface area contributed by atoms with E-state index in [-0.39, 0.29) is 0 Å². The molecular formula is C21H16BN3. The van der Waals surface area contributed by atoms with E-state index in [1.807, 2.05) is 68.5 Å². The van der Waals surface area contributed by atoms with Gasteiger partial charge in [-0.3, -0.25) is 0 Å². The number of aromatic nitrogens is 3. The minimum Gasteiger partial charge on any atom is -0.225 e. The van der Waals surface area contributed by atoms with E-state index in [0.29, 0.717) is 17.4 Å². The second-order valence-electron chi connectivity index (χ2n) is 5.81. The Balaban J connectivity index is 1.88. The van der Waals surface area contributed by atoms with Crippen molar-refractivity contribution in [2.45, 2.75) is 0 Å². The molecule has 4 aromatic rings. The Hall–Kier alpha value is -3.27. The minimum absolute atomic E-state index is 0.700. The smallest absolute Gasteiger partial charge is 0.189 e. The SMILES string of the molecule is Bc1nc(-c2ccccc2)nc(-c2ccccc2-c2ccccc2)n1. The van der Waals surface area contributed by atoms with Gasteiger partial charge in [0.05, 0.1) is 5.72 Å². The van der Waals surface area contributed by atoms with Crippen LogP contribution in [0.25, 0.3) is 33.9 Å². The Kier molecular flexibility index (Phi) is 4.09. The third-order valence-corrected chi connectivity index (χ3v) is 4.03. The Labute approximate surface area is 147 Å². The number of nitrogens with zero attached hydrogens (tertiary/aromatic N) is 3. The predicted molar refractivity (Wildman–Crippen MR) is 104 cm³/mol. The molecule has 4 rings (SSSR count). The first kappa shape index (κ1) is 15.3. The van der Waals surface area contributed by atoms with Crippen molar-refractivity contribution in [2.24, 2.45) is 0 Å². The van der Waals surface area contributed by atoms with Crippen LogP contribution < -0.4 is 5.72 Å². The molecule has 0 fully saturated rings. The van der Waals surface area contributed by atoms with E-state index in [0.717, 1.165) is 22.3 Å². The molecule has 0 amide bonds. The first-order valence-corrected chi connectivity index (χ1v) is 8.24. The van der Waals surface area contributed by atoms with Gasteiger partial charge in [0.25, 0.3) is 0 Å². The lowest BCUT2D eigenvalue weighted by molar-refractivity contribution is 1.11. The summed E-state index contributed by atoms with van der Waals surface area (Å²) in [6.45, 7) is 0. The summed E-state index contributed by atoms with van der Waals surface area (Å²) < 4.78 is 0. The minimum atomic E-state index is 0.700. The van der Waals surface area contributed by atoms with Crippen molar-refractivity contribution >= 4 is 13.6 Å². The third kappa shape index (κ3) is 3.19. The lowest BCUT2D eigenvalue weighted by Crippen LogP contribution is -2.17. The summed E-state index contributed by atoms with van der Waals surface area (Å²) in [6, 6.07) is 28.5. The number of benzene rings is 3. The van der Waals surface area contributed by atoms with E-state index in [1.54, 1.807) is 0 Å². The van der Waals surface area contributed by atoms with Gasteiger partial charge in [0.1, 0.15) is 0 Å². The highest BCUT2D eigenvalue weighted by Gasteiger charge is 2.12. The second kappa shape index (κ2) is 6.69. The monoisotopic (exact) mass is 321 g/mol. The highest BCUT2D eigenvalue weighted by Crippen LogP contribution is 2.30. The number of hydrogen-bond acceptors (Lipinski definition) is 3. The fourth-order valence-corrected chi connectivity index (χ4v) is 2.87. The first-order chi connectivity index (χ1) is 12.3. The van der Waals surface area contributed by atoms with Gasteiger partial charge in [0, 0.05) is 11.1 Å². The standard InChI is InChI=1S/C21H16BN3/c22-21-24-19(16-11-5-2-6-12-16)23-20(25-21)18-14-8-7-13-17(18)15-9-3-1-4-10-15/h1-14H,22H2. The van der Waals surface area contributed by atoms with Crippen molar-refractivity contribution in [3.8, 4) is 33.9 Å². The molecule has 25 heavy (non-hydrogen) atoms. The Morgan fingerprint density at radius 2 is 1.00 bits per heavy atom. The van der Waals surface area contributed by atoms with Crippen LogP contribution in [0.3, 0.4) is 0 Å². The number of hydrogen-bond donors (Lipinski definition) is 0. The summed E-state index contributed by atoms with van der Waals surface area (Å²) in [6.07, 6.45) is 0. The van der Waals surface area contributed by atoms with Crippen LogP contribution in [0.4, 0.5) is 0 Å². The molecule has 0 spiro atoms. The van der Waals surface area contributed by atoms with Crippen molar-refractivity contribution in [3.05, 3.63) is 84.9 Å². The zero-order valence-corrected chi connectivity index (χ0v) is 13.9. The van der Waals surface area contributed by atoms with E-state index in [9.17, 15) is 0 Å². The quantitative estimate of drug-likeness (QED) is 0.544. The van der Waals surface area contributed by atoms with Crippen LogP contribution >= 0.6 is 0 Å². The summed E-state index contributed by atoms with van der Waals surface area (Å²) in [7, 11) is 1.91. The van der Waals surface area contributed by atoms with Gasteiger partial charge in [-0.05, 0) is 11.1 Å². The molecule has 0 saturated heterocycles. The summed E-state index contributed by atoms with van der Waals surface area (Å²) in [5, 5.41) is 0. The number of rotatable bonds is 3. The zero-order chi connectivity index (χ0) is 17.1. The molecule has 0 aliphatic carbocycles. The summed E-state index contributed by atoms with van der Waals surface area (Å²) >= 11 is 0. The molecule has 0 N–H and O–H groups in total. The second-order valence-corrected chi connectivity index (χ2v) is 5.81. The van der Waals surface area contributed by atoms with Crippen molar-refractivity contribution in [1.82, 2.24) is 15.0 Å². The summed E-state index contributed by atoms with van der Waals surface area (Å²) in [5.74, 6) is 1.40. The van der Waals surface area contributed by atoms with Gasteiger partial charge in [0.2, 0.25) is 0 Å². The van der Waals surface area contributed by atoms with Crippen LogP contribution in [-0.2, 0) is 0 Å². The predicted octanol–water partition coefficient (Wildman–Crippen LogP) is 3.13. The molecule has 4 heteroatoms. The molecule has 118 valence electrons. The molecule has 3 nitrogen and oxygen atoms in total. The van der Waals surface area contributed by atoms with Crippen LogP contribution in [0.15, 0.2) is 84.9 Å². The van der Waals surface area contributed by atoms with Crippen molar-refractivity contribution in [1.29, 1.82) is 0 Å². The van der Waals surface area contributed by atoms with Gasteiger partial charge in [-0.25, -0.2) is 15.0 Å². The molecular weight excluding hydrogens is 305 g/mol. The average Bonchev–Trinajstić information content (AvgIpc) is 2.69. The van der Waals surface area contributed by atoms with Crippen LogP contribution in [-0.4, -0.2) is 22.8 Å². The molecule has 0 saturated carbocycles. The summed E-state index contributed by atoms with van der Waals surface area (Å²) in [4.78, 5) is 13.8. The van der Waals surface area contributed by atoms with Gasteiger partial charge < -0.3 is 0 Å². The van der Waals surface area contributed by atoms with Gasteiger partial charge in [-0.15, -0.1) is 0 Å². The molecule has 0 bridgehead atoms. The highest BCUT2D eigenvalue weighted by molar-refractivity contribution is 6.29. The largest absolute Gasteiger partial charge is 0.225 e. The van der Waals surface area contributed by atoms with Gasteiger partial charge in [0.15, 0.2) is 19.5 Å². The Morgan fingerprint density at radius 1 is 0.480 bits per heavy atom.